The molecular weight excluding hydrogens is 204 g/mol. The fraction of sp³-hybridized carbons (Fsp3) is 0.455. The van der Waals surface area contributed by atoms with Gasteiger partial charge in [-0.05, 0) is 20.8 Å². The van der Waals surface area contributed by atoms with Crippen molar-refractivity contribution in [2.24, 2.45) is 0 Å². The molecule has 16 heavy (non-hydrogen) atoms. The highest BCUT2D eigenvalue weighted by atomic mass is 16.5. The molecule has 0 aliphatic carbocycles. The van der Waals surface area contributed by atoms with Gasteiger partial charge in [-0.15, -0.1) is 0 Å². The van der Waals surface area contributed by atoms with E-state index in [0.29, 0.717) is 11.6 Å². The molecule has 0 fully saturated rings. The molecule has 0 saturated carbocycles. The monoisotopic (exact) mass is 220 g/mol. The van der Waals surface area contributed by atoms with Crippen molar-refractivity contribution in [1.82, 2.24) is 14.5 Å². The van der Waals surface area contributed by atoms with Gasteiger partial charge in [0, 0.05) is 11.7 Å². The van der Waals surface area contributed by atoms with E-state index in [0.717, 1.165) is 11.0 Å². The molecule has 0 radical (unpaired) electrons. The maximum atomic E-state index is 5.84. The lowest BCUT2D eigenvalue weighted by molar-refractivity contribution is 0.389. The third-order valence-electron chi connectivity index (χ3n) is 2.52. The molecule has 0 amide bonds. The fourth-order valence-electron chi connectivity index (χ4n) is 1.72. The molecule has 2 heterocycles. The largest absolute Gasteiger partial charge is 0.494 e. The Labute approximate surface area is 94.2 Å². The van der Waals surface area contributed by atoms with E-state index in [9.17, 15) is 0 Å². The van der Waals surface area contributed by atoms with Gasteiger partial charge < -0.3 is 15.0 Å². The SMILES string of the molecule is COc1cn(C(C)(C)C)c2ncnc(N)c12. The number of hydrogen-bond donors (Lipinski definition) is 1. The summed E-state index contributed by atoms with van der Waals surface area (Å²) in [6.07, 6.45) is 3.38. The van der Waals surface area contributed by atoms with E-state index in [4.69, 9.17) is 10.5 Å². The van der Waals surface area contributed by atoms with Crippen LogP contribution in [0.3, 0.4) is 0 Å². The van der Waals surface area contributed by atoms with E-state index in [2.05, 4.69) is 30.7 Å². The number of hydrogen-bond acceptors (Lipinski definition) is 4. The number of anilines is 1. The minimum atomic E-state index is -0.0736. The van der Waals surface area contributed by atoms with E-state index in [-0.39, 0.29) is 5.54 Å². The van der Waals surface area contributed by atoms with Crippen LogP contribution >= 0.6 is 0 Å². The Hall–Kier alpha value is -1.78. The number of rotatable bonds is 1. The van der Waals surface area contributed by atoms with Gasteiger partial charge in [0.1, 0.15) is 28.9 Å². The molecular formula is C11H16N4O. The summed E-state index contributed by atoms with van der Waals surface area (Å²) < 4.78 is 7.34. The summed E-state index contributed by atoms with van der Waals surface area (Å²) in [6, 6.07) is 0. The predicted molar refractivity (Wildman–Crippen MR) is 63.5 cm³/mol. The molecule has 0 unspecified atom stereocenters. The van der Waals surface area contributed by atoms with Crippen LogP contribution in [0, 0.1) is 0 Å². The Morgan fingerprint density at radius 2 is 2.00 bits per heavy atom. The molecule has 0 saturated heterocycles. The van der Waals surface area contributed by atoms with Gasteiger partial charge in [-0.1, -0.05) is 0 Å². The van der Waals surface area contributed by atoms with Crippen molar-refractivity contribution in [2.45, 2.75) is 26.3 Å². The van der Waals surface area contributed by atoms with Crippen molar-refractivity contribution in [1.29, 1.82) is 0 Å². The van der Waals surface area contributed by atoms with Crippen molar-refractivity contribution < 1.29 is 4.74 Å². The first-order valence-electron chi connectivity index (χ1n) is 5.11. The molecule has 5 nitrogen and oxygen atoms in total. The van der Waals surface area contributed by atoms with Crippen molar-refractivity contribution in [3.8, 4) is 5.75 Å². The van der Waals surface area contributed by atoms with Gasteiger partial charge in [-0.2, -0.15) is 0 Å². The smallest absolute Gasteiger partial charge is 0.149 e. The third-order valence-corrected chi connectivity index (χ3v) is 2.52. The molecule has 0 aliphatic heterocycles. The summed E-state index contributed by atoms with van der Waals surface area (Å²) in [6.45, 7) is 6.30. The Kier molecular flexibility index (Phi) is 2.26. The summed E-state index contributed by atoms with van der Waals surface area (Å²) in [4.78, 5) is 8.25. The zero-order valence-corrected chi connectivity index (χ0v) is 9.98. The maximum Gasteiger partial charge on any atom is 0.149 e. The van der Waals surface area contributed by atoms with E-state index >= 15 is 0 Å². The number of ether oxygens (including phenoxy) is 1. The first kappa shape index (κ1) is 10.7. The van der Waals surface area contributed by atoms with Crippen LogP contribution in [0.15, 0.2) is 12.5 Å². The first-order valence-corrected chi connectivity index (χ1v) is 5.11. The van der Waals surface area contributed by atoms with E-state index in [1.54, 1.807) is 7.11 Å². The molecule has 2 aromatic rings. The van der Waals surface area contributed by atoms with Crippen molar-refractivity contribution >= 4 is 16.9 Å². The molecule has 0 atom stereocenters. The van der Waals surface area contributed by atoms with Gasteiger partial charge in [0.2, 0.25) is 0 Å². The van der Waals surface area contributed by atoms with Gasteiger partial charge in [-0.25, -0.2) is 9.97 Å². The minimum Gasteiger partial charge on any atom is -0.494 e. The summed E-state index contributed by atoms with van der Waals surface area (Å²) >= 11 is 0. The third kappa shape index (κ3) is 1.48. The highest BCUT2D eigenvalue weighted by molar-refractivity contribution is 5.92. The Balaban J connectivity index is 2.84. The first-order chi connectivity index (χ1) is 7.45. The van der Waals surface area contributed by atoms with Crippen molar-refractivity contribution in [3.05, 3.63) is 12.5 Å². The van der Waals surface area contributed by atoms with Gasteiger partial charge >= 0.3 is 0 Å². The van der Waals surface area contributed by atoms with Crippen LogP contribution < -0.4 is 10.5 Å². The van der Waals surface area contributed by atoms with Crippen LogP contribution in [-0.2, 0) is 5.54 Å². The van der Waals surface area contributed by atoms with Gasteiger partial charge in [0.25, 0.3) is 0 Å². The molecule has 0 aromatic carbocycles. The van der Waals surface area contributed by atoms with Crippen LogP contribution in [-0.4, -0.2) is 21.6 Å². The number of aromatic nitrogens is 3. The Bertz CT molecular complexity index is 524. The van der Waals surface area contributed by atoms with Crippen LogP contribution in [0.1, 0.15) is 20.8 Å². The van der Waals surface area contributed by atoms with Crippen molar-refractivity contribution in [3.63, 3.8) is 0 Å². The molecule has 2 rings (SSSR count). The lowest BCUT2D eigenvalue weighted by Gasteiger charge is -2.21. The topological polar surface area (TPSA) is 66.0 Å². The lowest BCUT2D eigenvalue weighted by Crippen LogP contribution is -2.21. The van der Waals surface area contributed by atoms with E-state index in [1.807, 2.05) is 10.8 Å². The van der Waals surface area contributed by atoms with Crippen LogP contribution in [0.2, 0.25) is 0 Å². The zero-order chi connectivity index (χ0) is 11.9. The summed E-state index contributed by atoms with van der Waals surface area (Å²) in [5.74, 6) is 1.16. The summed E-state index contributed by atoms with van der Waals surface area (Å²) in [5, 5.41) is 0.778. The minimum absolute atomic E-state index is 0.0736. The van der Waals surface area contributed by atoms with Crippen LogP contribution in [0.25, 0.3) is 11.0 Å². The van der Waals surface area contributed by atoms with Gasteiger partial charge in [0.15, 0.2) is 0 Å². The molecule has 0 spiro atoms. The molecule has 0 bridgehead atoms. The molecule has 0 aliphatic rings. The number of nitrogen functional groups attached to an aromatic ring is 1. The van der Waals surface area contributed by atoms with E-state index in [1.165, 1.54) is 6.33 Å². The van der Waals surface area contributed by atoms with Gasteiger partial charge in [-0.3, -0.25) is 0 Å². The number of nitrogens with zero attached hydrogens (tertiary/aromatic N) is 3. The standard InChI is InChI=1S/C11H16N4O/c1-11(2,3)15-5-7(16-4)8-9(12)13-6-14-10(8)15/h5-6H,1-4H3,(H2,12,13,14). The Morgan fingerprint density at radius 3 is 2.56 bits per heavy atom. The number of nitrogens with two attached hydrogens (primary N) is 1. The summed E-state index contributed by atoms with van der Waals surface area (Å²) in [5.41, 5.74) is 6.57. The normalized spacial score (nSPS) is 12.0. The zero-order valence-electron chi connectivity index (χ0n) is 9.98. The maximum absolute atomic E-state index is 5.84. The average molecular weight is 220 g/mol. The highest BCUT2D eigenvalue weighted by Gasteiger charge is 2.21. The lowest BCUT2D eigenvalue weighted by atomic mass is 10.1. The van der Waals surface area contributed by atoms with Gasteiger partial charge in [0.05, 0.1) is 7.11 Å². The Morgan fingerprint density at radius 1 is 1.31 bits per heavy atom. The molecule has 2 aromatic heterocycles. The van der Waals surface area contributed by atoms with E-state index < -0.39 is 0 Å². The summed E-state index contributed by atoms with van der Waals surface area (Å²) in [7, 11) is 1.62. The van der Waals surface area contributed by atoms with Crippen LogP contribution in [0.4, 0.5) is 5.82 Å². The highest BCUT2D eigenvalue weighted by Crippen LogP contribution is 2.33. The second-order valence-electron chi connectivity index (χ2n) is 4.70. The average Bonchev–Trinajstić information content (AvgIpc) is 2.57. The molecule has 5 heteroatoms. The van der Waals surface area contributed by atoms with Crippen molar-refractivity contribution in [2.75, 3.05) is 12.8 Å². The predicted octanol–water partition coefficient (Wildman–Crippen LogP) is 1.78. The molecule has 86 valence electrons. The number of methoxy groups -OCH3 is 1. The quantitative estimate of drug-likeness (QED) is 0.795. The molecule has 2 N–H and O–H groups in total. The number of fused-ring (bicyclic) bond motifs is 1. The van der Waals surface area contributed by atoms with Crippen LogP contribution in [0.5, 0.6) is 5.75 Å². The second kappa shape index (κ2) is 3.37. The fourth-order valence-corrected chi connectivity index (χ4v) is 1.72. The second-order valence-corrected chi connectivity index (χ2v) is 4.70.